The van der Waals surface area contributed by atoms with Crippen molar-refractivity contribution in [1.29, 1.82) is 0 Å². The smallest absolute Gasteiger partial charge is 0.305 e. The third-order valence-electron chi connectivity index (χ3n) is 14.8. The summed E-state index contributed by atoms with van der Waals surface area (Å²) < 4.78 is 16.7. The van der Waals surface area contributed by atoms with Crippen LogP contribution in [0.15, 0.2) is 36.5 Å². The summed E-state index contributed by atoms with van der Waals surface area (Å²) in [4.78, 5) is 25.0. The summed E-state index contributed by atoms with van der Waals surface area (Å²) in [7, 11) is 0. The highest BCUT2D eigenvalue weighted by Crippen LogP contribution is 2.23. The SMILES string of the molecule is CCCCCCCCCCCCCC/C=C/C(O)C(COC1OC(CO)C(O)C(O)C1O)NC(=O)CCCCCCCCCCCCCCCC/C=C\C/C=C\CCOC(=O)CCCCCCCCCCCCC. The second-order valence-corrected chi connectivity index (χ2v) is 21.8. The van der Waals surface area contributed by atoms with Crippen LogP contribution in [0, 0.1) is 0 Å². The lowest BCUT2D eigenvalue weighted by Crippen LogP contribution is -2.60. The Bertz CT molecular complexity index is 1320. The predicted octanol–water partition coefficient (Wildman–Crippen LogP) is 14.7. The molecule has 1 saturated heterocycles. The average molecular weight is 1050 g/mol. The standard InChI is InChI=1S/C63H117NO10/c1-3-5-7-9-11-13-15-16-26-30-33-37-41-45-49-56(66)55(54-73-63-62(71)61(70)60(69)57(53-65)74-63)64-58(67)50-46-42-38-34-31-27-24-22-20-18-17-19-21-23-25-28-32-36-40-44-48-52-72-59(68)51-47-43-39-35-29-14-12-10-8-6-4-2/h28,32,40,44-45,49,55-57,60-63,65-66,69-71H,3-27,29-31,33-39,41-43,46-48,50-54H2,1-2H3,(H,64,67)/b32-28-,44-40-,49-45+. The number of aliphatic hydroxyl groups excluding tert-OH is 5. The zero-order valence-electron chi connectivity index (χ0n) is 47.8. The molecular weight excluding hydrogens is 931 g/mol. The van der Waals surface area contributed by atoms with Crippen molar-refractivity contribution in [3.8, 4) is 0 Å². The van der Waals surface area contributed by atoms with Gasteiger partial charge in [-0.2, -0.15) is 0 Å². The van der Waals surface area contributed by atoms with E-state index < -0.39 is 49.5 Å². The zero-order chi connectivity index (χ0) is 53.8. The number of unbranched alkanes of at least 4 members (excludes halogenated alkanes) is 36. The van der Waals surface area contributed by atoms with E-state index in [0.717, 1.165) is 70.6 Å². The van der Waals surface area contributed by atoms with Crippen LogP contribution >= 0.6 is 0 Å². The molecule has 7 unspecified atom stereocenters. The summed E-state index contributed by atoms with van der Waals surface area (Å²) in [6, 6.07) is -0.814. The summed E-state index contributed by atoms with van der Waals surface area (Å²) in [5.74, 6) is -0.234. The number of hydrogen-bond acceptors (Lipinski definition) is 10. The minimum Gasteiger partial charge on any atom is -0.465 e. The second-order valence-electron chi connectivity index (χ2n) is 21.8. The Kier molecular flexibility index (Phi) is 50.0. The van der Waals surface area contributed by atoms with Gasteiger partial charge in [-0.05, 0) is 51.4 Å². The van der Waals surface area contributed by atoms with Crippen LogP contribution in [-0.2, 0) is 23.8 Å². The van der Waals surface area contributed by atoms with Crippen LogP contribution in [0.1, 0.15) is 290 Å². The molecule has 1 fully saturated rings. The molecule has 6 N–H and O–H groups in total. The zero-order valence-corrected chi connectivity index (χ0v) is 47.8. The minimum absolute atomic E-state index is 0.0486. The summed E-state index contributed by atoms with van der Waals surface area (Å²) in [6.07, 6.45) is 55.3. The number of allylic oxidation sites excluding steroid dienone is 4. The predicted molar refractivity (Wildman–Crippen MR) is 306 cm³/mol. The van der Waals surface area contributed by atoms with Gasteiger partial charge in [0.15, 0.2) is 6.29 Å². The number of carbonyl (C=O) groups excluding carboxylic acids is 2. The van der Waals surface area contributed by atoms with Crippen LogP contribution in [0.25, 0.3) is 0 Å². The monoisotopic (exact) mass is 1050 g/mol. The largest absolute Gasteiger partial charge is 0.465 e. The van der Waals surface area contributed by atoms with Crippen molar-refractivity contribution in [2.75, 3.05) is 19.8 Å². The van der Waals surface area contributed by atoms with E-state index in [1.807, 2.05) is 6.08 Å². The van der Waals surface area contributed by atoms with Crippen LogP contribution in [-0.4, -0.2) is 100 Å². The van der Waals surface area contributed by atoms with Crippen molar-refractivity contribution >= 4 is 11.9 Å². The topological polar surface area (TPSA) is 175 Å². The number of aliphatic hydroxyl groups is 5. The molecule has 0 saturated carbocycles. The second kappa shape index (κ2) is 52.9. The van der Waals surface area contributed by atoms with E-state index in [2.05, 4.69) is 43.5 Å². The summed E-state index contributed by atoms with van der Waals surface area (Å²) >= 11 is 0. The third kappa shape index (κ3) is 42.0. The van der Waals surface area contributed by atoms with Gasteiger partial charge in [0.2, 0.25) is 5.91 Å². The van der Waals surface area contributed by atoms with Crippen molar-refractivity contribution in [3.05, 3.63) is 36.5 Å². The van der Waals surface area contributed by atoms with Crippen molar-refractivity contribution in [1.82, 2.24) is 5.32 Å². The molecule has 0 radical (unpaired) electrons. The molecule has 1 aliphatic heterocycles. The van der Waals surface area contributed by atoms with Gasteiger partial charge in [-0.15, -0.1) is 0 Å². The number of esters is 1. The lowest BCUT2D eigenvalue weighted by molar-refractivity contribution is -0.302. The lowest BCUT2D eigenvalue weighted by Gasteiger charge is -2.40. The molecule has 0 bridgehead atoms. The summed E-state index contributed by atoms with van der Waals surface area (Å²) in [5, 5.41) is 54.5. The van der Waals surface area contributed by atoms with Gasteiger partial charge in [0, 0.05) is 12.8 Å². The van der Waals surface area contributed by atoms with Crippen molar-refractivity contribution in [2.45, 2.75) is 333 Å². The van der Waals surface area contributed by atoms with Gasteiger partial charge in [-0.1, -0.05) is 262 Å². The third-order valence-corrected chi connectivity index (χ3v) is 14.8. The first-order valence-corrected chi connectivity index (χ1v) is 31.3. The van der Waals surface area contributed by atoms with Crippen molar-refractivity contribution in [2.24, 2.45) is 0 Å². The number of ether oxygens (including phenoxy) is 3. The van der Waals surface area contributed by atoms with Gasteiger partial charge >= 0.3 is 5.97 Å². The molecule has 11 heteroatoms. The Morgan fingerprint density at radius 1 is 0.500 bits per heavy atom. The van der Waals surface area contributed by atoms with Crippen molar-refractivity contribution in [3.63, 3.8) is 0 Å². The van der Waals surface area contributed by atoms with Gasteiger partial charge in [0.05, 0.1) is 32.0 Å². The fraction of sp³-hybridized carbons (Fsp3) is 0.873. The average Bonchev–Trinajstić information content (AvgIpc) is 3.40. The van der Waals surface area contributed by atoms with E-state index >= 15 is 0 Å². The quantitative estimate of drug-likeness (QED) is 0.0195. The molecule has 74 heavy (non-hydrogen) atoms. The van der Waals surface area contributed by atoms with E-state index in [9.17, 15) is 35.1 Å². The van der Waals surface area contributed by atoms with Crippen LogP contribution in [0.4, 0.5) is 0 Å². The Morgan fingerprint density at radius 3 is 1.36 bits per heavy atom. The first-order chi connectivity index (χ1) is 36.2. The summed E-state index contributed by atoms with van der Waals surface area (Å²) in [6.45, 7) is 4.24. The van der Waals surface area contributed by atoms with Crippen molar-refractivity contribution < 1.29 is 49.3 Å². The normalized spacial score (nSPS) is 19.0. The number of rotatable bonds is 54. The van der Waals surface area contributed by atoms with Gasteiger partial charge in [0.1, 0.15) is 24.4 Å². The van der Waals surface area contributed by atoms with Crippen LogP contribution in [0.2, 0.25) is 0 Å². The Balaban J connectivity index is 2.10. The molecule has 0 spiro atoms. The highest BCUT2D eigenvalue weighted by Gasteiger charge is 2.44. The molecule has 0 aliphatic carbocycles. The minimum atomic E-state index is -1.57. The molecule has 11 nitrogen and oxygen atoms in total. The van der Waals surface area contributed by atoms with Crippen LogP contribution < -0.4 is 5.32 Å². The van der Waals surface area contributed by atoms with E-state index in [1.54, 1.807) is 6.08 Å². The van der Waals surface area contributed by atoms with Crippen LogP contribution in [0.3, 0.4) is 0 Å². The molecule has 7 atom stereocenters. The maximum Gasteiger partial charge on any atom is 0.305 e. The fourth-order valence-electron chi connectivity index (χ4n) is 9.80. The van der Waals surface area contributed by atoms with Gasteiger partial charge in [-0.3, -0.25) is 9.59 Å². The molecular formula is C63H117NO10. The van der Waals surface area contributed by atoms with Gasteiger partial charge < -0.3 is 45.1 Å². The molecule has 1 amide bonds. The number of amides is 1. The Labute approximate surface area is 453 Å². The lowest BCUT2D eigenvalue weighted by atomic mass is 9.99. The molecule has 0 aromatic rings. The van der Waals surface area contributed by atoms with E-state index in [0.29, 0.717) is 19.4 Å². The Morgan fingerprint density at radius 2 is 0.905 bits per heavy atom. The molecule has 0 aromatic carbocycles. The van der Waals surface area contributed by atoms with E-state index in [4.69, 9.17) is 14.2 Å². The molecule has 434 valence electrons. The number of hydrogen-bond donors (Lipinski definition) is 6. The highest BCUT2D eigenvalue weighted by atomic mass is 16.7. The maximum absolute atomic E-state index is 13.1. The van der Waals surface area contributed by atoms with E-state index in [1.165, 1.54) is 193 Å². The molecule has 1 heterocycles. The maximum atomic E-state index is 13.1. The fourth-order valence-corrected chi connectivity index (χ4v) is 9.80. The first kappa shape index (κ1) is 69.9. The van der Waals surface area contributed by atoms with Gasteiger partial charge in [0.25, 0.3) is 0 Å². The number of nitrogens with one attached hydrogen (secondary N) is 1. The first-order valence-electron chi connectivity index (χ1n) is 31.3. The molecule has 1 rings (SSSR count). The van der Waals surface area contributed by atoms with E-state index in [-0.39, 0.29) is 18.5 Å². The highest BCUT2D eigenvalue weighted by molar-refractivity contribution is 5.76. The van der Waals surface area contributed by atoms with Crippen LogP contribution in [0.5, 0.6) is 0 Å². The summed E-state index contributed by atoms with van der Waals surface area (Å²) in [5.41, 5.74) is 0. The molecule has 0 aromatic heterocycles. The number of carbonyl (C=O) groups is 2. The Hall–Kier alpha value is -2.12. The van der Waals surface area contributed by atoms with Gasteiger partial charge in [-0.25, -0.2) is 0 Å². The molecule has 1 aliphatic rings.